The average Bonchev–Trinajstić information content (AvgIpc) is 3.17. The van der Waals surface area contributed by atoms with Crippen molar-refractivity contribution < 1.29 is 9.59 Å². The lowest BCUT2D eigenvalue weighted by Gasteiger charge is -2.16. The van der Waals surface area contributed by atoms with E-state index in [2.05, 4.69) is 42.0 Å². The van der Waals surface area contributed by atoms with Crippen molar-refractivity contribution in [1.82, 2.24) is 9.47 Å². The van der Waals surface area contributed by atoms with E-state index in [0.29, 0.717) is 6.54 Å². The van der Waals surface area contributed by atoms with Gasteiger partial charge < -0.3 is 4.57 Å². The molecular weight excluding hydrogens is 332 g/mol. The van der Waals surface area contributed by atoms with Crippen molar-refractivity contribution in [2.45, 2.75) is 19.5 Å². The zero-order chi connectivity index (χ0) is 17.4. The maximum absolute atomic E-state index is 12.0. The van der Waals surface area contributed by atoms with Crippen LogP contribution < -0.4 is 0 Å². The van der Waals surface area contributed by atoms with E-state index in [1.165, 1.54) is 10.5 Å². The Balaban J connectivity index is 1.76. The predicted octanol–water partition coefficient (Wildman–Crippen LogP) is 4.45. The number of carbonyl (C=O) groups is 2. The first-order chi connectivity index (χ1) is 12.1. The van der Waals surface area contributed by atoms with Crippen LogP contribution in [0, 0.1) is 0 Å². The first-order valence-electron chi connectivity index (χ1n) is 8.25. The van der Waals surface area contributed by atoms with Crippen LogP contribution in [-0.2, 0) is 11.3 Å². The van der Waals surface area contributed by atoms with Gasteiger partial charge in [0.05, 0.1) is 18.3 Å². The summed E-state index contributed by atoms with van der Waals surface area (Å²) in [6.07, 6.45) is 2.08. The van der Waals surface area contributed by atoms with E-state index >= 15 is 0 Å². The molecule has 1 saturated heterocycles. The van der Waals surface area contributed by atoms with Gasteiger partial charge in [0.15, 0.2) is 0 Å². The SMILES string of the molecule is CC(c1ccccc1)n1cc(CN2C(=O)CSC2=O)c2ccccc21. The van der Waals surface area contributed by atoms with Crippen LogP contribution in [0.3, 0.4) is 0 Å². The van der Waals surface area contributed by atoms with Crippen LogP contribution in [0.1, 0.15) is 24.1 Å². The number of aromatic nitrogens is 1. The highest BCUT2D eigenvalue weighted by atomic mass is 32.2. The van der Waals surface area contributed by atoms with E-state index in [0.717, 1.165) is 28.2 Å². The Labute approximate surface area is 150 Å². The third-order valence-electron chi connectivity index (χ3n) is 4.69. The zero-order valence-electron chi connectivity index (χ0n) is 13.9. The number of para-hydroxylation sites is 1. The van der Waals surface area contributed by atoms with Crippen LogP contribution >= 0.6 is 11.8 Å². The summed E-state index contributed by atoms with van der Waals surface area (Å²) in [6.45, 7) is 2.49. The van der Waals surface area contributed by atoms with E-state index in [-0.39, 0.29) is 22.9 Å². The van der Waals surface area contributed by atoms with Crippen molar-refractivity contribution in [3.8, 4) is 0 Å². The maximum atomic E-state index is 12.0. The highest BCUT2D eigenvalue weighted by molar-refractivity contribution is 8.14. The Morgan fingerprint density at radius 3 is 2.48 bits per heavy atom. The first-order valence-corrected chi connectivity index (χ1v) is 9.24. The summed E-state index contributed by atoms with van der Waals surface area (Å²) < 4.78 is 2.22. The van der Waals surface area contributed by atoms with Gasteiger partial charge in [-0.25, -0.2) is 0 Å². The molecule has 2 heterocycles. The molecule has 0 radical (unpaired) electrons. The van der Waals surface area contributed by atoms with Gasteiger partial charge in [-0.1, -0.05) is 60.3 Å². The minimum Gasteiger partial charge on any atom is -0.340 e. The second kappa shape index (κ2) is 6.41. The molecule has 25 heavy (non-hydrogen) atoms. The monoisotopic (exact) mass is 350 g/mol. The molecule has 0 bridgehead atoms. The fraction of sp³-hybridized carbons (Fsp3) is 0.200. The van der Waals surface area contributed by atoms with Gasteiger partial charge in [0.1, 0.15) is 0 Å². The summed E-state index contributed by atoms with van der Waals surface area (Å²) in [7, 11) is 0. The van der Waals surface area contributed by atoms with E-state index in [1.54, 1.807) is 0 Å². The maximum Gasteiger partial charge on any atom is 0.289 e. The molecule has 2 amide bonds. The average molecular weight is 350 g/mol. The van der Waals surface area contributed by atoms with Crippen LogP contribution in [0.2, 0.25) is 0 Å². The molecule has 0 spiro atoms. The lowest BCUT2D eigenvalue weighted by molar-refractivity contribution is -0.124. The van der Waals surface area contributed by atoms with Gasteiger partial charge in [-0.3, -0.25) is 14.5 Å². The minimum absolute atomic E-state index is 0.108. The van der Waals surface area contributed by atoms with Crippen molar-refractivity contribution in [2.75, 3.05) is 5.75 Å². The number of imide groups is 1. The van der Waals surface area contributed by atoms with E-state index in [1.807, 2.05) is 30.3 Å². The number of thioether (sulfide) groups is 1. The van der Waals surface area contributed by atoms with Crippen LogP contribution in [0.5, 0.6) is 0 Å². The first kappa shape index (κ1) is 16.0. The highest BCUT2D eigenvalue weighted by Gasteiger charge is 2.30. The van der Waals surface area contributed by atoms with Crippen molar-refractivity contribution in [1.29, 1.82) is 0 Å². The number of hydrogen-bond acceptors (Lipinski definition) is 3. The molecule has 4 rings (SSSR count). The minimum atomic E-state index is -0.155. The molecule has 3 aromatic rings. The lowest BCUT2D eigenvalue weighted by atomic mass is 10.1. The van der Waals surface area contributed by atoms with Gasteiger partial charge in [-0.2, -0.15) is 0 Å². The summed E-state index contributed by atoms with van der Waals surface area (Å²) in [4.78, 5) is 25.3. The largest absolute Gasteiger partial charge is 0.340 e. The number of nitrogens with zero attached hydrogens (tertiary/aromatic N) is 2. The summed E-state index contributed by atoms with van der Waals surface area (Å²) in [6, 6.07) is 18.6. The van der Waals surface area contributed by atoms with Gasteiger partial charge in [0, 0.05) is 17.1 Å². The van der Waals surface area contributed by atoms with Gasteiger partial charge in [-0.05, 0) is 24.1 Å². The summed E-state index contributed by atoms with van der Waals surface area (Å²) in [5, 5.41) is 0.931. The molecule has 0 aliphatic carbocycles. The quantitative estimate of drug-likeness (QED) is 0.698. The highest BCUT2D eigenvalue weighted by Crippen LogP contribution is 2.30. The molecule has 1 aliphatic rings. The van der Waals surface area contributed by atoms with Crippen molar-refractivity contribution in [2.24, 2.45) is 0 Å². The number of carbonyl (C=O) groups excluding carboxylic acids is 2. The summed E-state index contributed by atoms with van der Waals surface area (Å²) in [5.41, 5.74) is 3.34. The Morgan fingerprint density at radius 1 is 1.04 bits per heavy atom. The number of fused-ring (bicyclic) bond motifs is 1. The van der Waals surface area contributed by atoms with Crippen LogP contribution in [0.4, 0.5) is 4.79 Å². The van der Waals surface area contributed by atoms with Crippen LogP contribution in [0.25, 0.3) is 10.9 Å². The number of benzene rings is 2. The Morgan fingerprint density at radius 2 is 1.76 bits per heavy atom. The molecule has 5 heteroatoms. The van der Waals surface area contributed by atoms with Gasteiger partial charge in [-0.15, -0.1) is 0 Å². The standard InChI is InChI=1S/C20H18N2O2S/c1-14(15-7-3-2-4-8-15)21-11-16(17-9-5-6-10-18(17)21)12-22-19(23)13-25-20(22)24/h2-11,14H,12-13H2,1H3. The molecule has 126 valence electrons. The number of rotatable bonds is 4. The fourth-order valence-corrected chi connectivity index (χ4v) is 4.05. The number of hydrogen-bond donors (Lipinski definition) is 0. The zero-order valence-corrected chi connectivity index (χ0v) is 14.7. The molecule has 1 aliphatic heterocycles. The van der Waals surface area contributed by atoms with Crippen molar-refractivity contribution in [3.63, 3.8) is 0 Å². The molecule has 2 aromatic carbocycles. The van der Waals surface area contributed by atoms with E-state index in [4.69, 9.17) is 0 Å². The second-order valence-electron chi connectivity index (χ2n) is 6.20. The smallest absolute Gasteiger partial charge is 0.289 e. The third kappa shape index (κ3) is 2.85. The lowest BCUT2D eigenvalue weighted by Crippen LogP contribution is -2.27. The van der Waals surface area contributed by atoms with Crippen molar-refractivity contribution in [3.05, 3.63) is 71.9 Å². The second-order valence-corrected chi connectivity index (χ2v) is 7.13. The normalized spacial score (nSPS) is 16.0. The topological polar surface area (TPSA) is 42.3 Å². The van der Waals surface area contributed by atoms with E-state index < -0.39 is 0 Å². The fourth-order valence-electron chi connectivity index (χ4n) is 3.32. The molecule has 1 unspecified atom stereocenters. The van der Waals surface area contributed by atoms with Gasteiger partial charge in [0.25, 0.3) is 5.24 Å². The molecule has 1 aromatic heterocycles. The molecule has 1 atom stereocenters. The number of amides is 2. The van der Waals surface area contributed by atoms with Crippen LogP contribution in [-0.4, -0.2) is 26.4 Å². The van der Waals surface area contributed by atoms with E-state index in [9.17, 15) is 9.59 Å². The Hall–Kier alpha value is -2.53. The molecule has 0 saturated carbocycles. The summed E-state index contributed by atoms with van der Waals surface area (Å²) in [5.74, 6) is 0.140. The van der Waals surface area contributed by atoms with Gasteiger partial charge in [0.2, 0.25) is 5.91 Å². The third-order valence-corrected chi connectivity index (χ3v) is 5.55. The molecular formula is C20H18N2O2S. The van der Waals surface area contributed by atoms with Gasteiger partial charge >= 0.3 is 0 Å². The predicted molar refractivity (Wildman–Crippen MR) is 101 cm³/mol. The molecule has 1 fully saturated rings. The van der Waals surface area contributed by atoms with Crippen LogP contribution in [0.15, 0.2) is 60.8 Å². The molecule has 4 nitrogen and oxygen atoms in total. The summed E-state index contributed by atoms with van der Waals surface area (Å²) >= 11 is 1.08. The Bertz CT molecular complexity index is 933. The Kier molecular flexibility index (Phi) is 4.09. The van der Waals surface area contributed by atoms with Crippen molar-refractivity contribution >= 4 is 33.8 Å². The molecule has 0 N–H and O–H groups in total.